The molecule has 1 spiro atoms. The number of aliphatic hydroxyl groups excluding tert-OH is 2. The van der Waals surface area contributed by atoms with Crippen molar-refractivity contribution in [2.75, 3.05) is 34.0 Å². The highest BCUT2D eigenvalue weighted by molar-refractivity contribution is 6.09. The Labute approximate surface area is 317 Å². The van der Waals surface area contributed by atoms with E-state index in [1.165, 1.54) is 27.2 Å². The summed E-state index contributed by atoms with van der Waals surface area (Å²) in [7, 11) is 2.41. The molecule has 5 saturated carbocycles. The van der Waals surface area contributed by atoms with Gasteiger partial charge in [0.2, 0.25) is 0 Å². The lowest BCUT2D eigenvalue weighted by molar-refractivity contribution is -0.191. The maximum atomic E-state index is 14.6. The number of Topliss-reactive ketones (excluding diaryl/α,β-unsaturated/α-hetero) is 1. The van der Waals surface area contributed by atoms with E-state index in [0.717, 1.165) is 17.6 Å². The molecule has 0 aromatic heterocycles. The van der Waals surface area contributed by atoms with Crippen molar-refractivity contribution in [3.8, 4) is 0 Å². The van der Waals surface area contributed by atoms with Gasteiger partial charge >= 0.3 is 29.8 Å². The minimum absolute atomic E-state index is 0.00298. The van der Waals surface area contributed by atoms with Crippen LogP contribution in [0.25, 0.3) is 0 Å². The average Bonchev–Trinajstić information content (AvgIpc) is 4.08. The third kappa shape index (κ3) is 4.89. The van der Waals surface area contributed by atoms with E-state index in [1.54, 1.807) is 6.92 Å². The van der Waals surface area contributed by atoms with Gasteiger partial charge in [0.15, 0.2) is 5.78 Å². The average molecular weight is 765 g/mol. The SMILES string of the molecule is COC(=O)CCC(=O)OCC1=C2C[C@H]3[C@](O)(COC(=O)C=C(C)CO)[C@H]4C[C@H]4[C@]3(C)[C@@H]3CC4=C5[C@H](C(=C(C)C(=O)OC)C(=O)[C@H](O)[C@@]5(C)[C@@H]5C[C@H]45)[C@]23OC1=O. The van der Waals surface area contributed by atoms with Crippen molar-refractivity contribution in [1.29, 1.82) is 0 Å². The van der Waals surface area contributed by atoms with Gasteiger partial charge in [0.1, 0.15) is 30.5 Å². The summed E-state index contributed by atoms with van der Waals surface area (Å²) in [6.45, 7) is 5.86. The summed E-state index contributed by atoms with van der Waals surface area (Å²) < 4.78 is 27.7. The fourth-order valence-electron chi connectivity index (χ4n) is 12.5. The van der Waals surface area contributed by atoms with Gasteiger partial charge in [-0.2, -0.15) is 0 Å². The first-order valence-corrected chi connectivity index (χ1v) is 19.1. The number of allylic oxidation sites excluding steroid dienone is 1. The Hall–Kier alpha value is -4.14. The Balaban J connectivity index is 1.30. The second kappa shape index (κ2) is 12.4. The highest BCUT2D eigenvalue weighted by atomic mass is 16.6. The number of ketones is 1. The molecule has 0 bridgehead atoms. The molecule has 296 valence electrons. The number of carbonyl (C=O) groups excluding carboxylic acids is 6. The third-order valence-electron chi connectivity index (χ3n) is 15.1. The lowest BCUT2D eigenvalue weighted by Gasteiger charge is -2.63. The molecular formula is C41H48O14. The molecule has 14 heteroatoms. The Bertz CT molecular complexity index is 1970. The van der Waals surface area contributed by atoms with Crippen LogP contribution in [0.2, 0.25) is 0 Å². The summed E-state index contributed by atoms with van der Waals surface area (Å²) in [4.78, 5) is 79.8. The molecule has 0 amide bonds. The van der Waals surface area contributed by atoms with Crippen LogP contribution in [0, 0.1) is 52.3 Å². The van der Waals surface area contributed by atoms with E-state index in [0.29, 0.717) is 24.0 Å². The van der Waals surface area contributed by atoms with Crippen molar-refractivity contribution in [1.82, 2.24) is 0 Å². The van der Waals surface area contributed by atoms with E-state index in [4.69, 9.17) is 18.9 Å². The molecule has 0 saturated heterocycles. The van der Waals surface area contributed by atoms with E-state index < -0.39 is 88.1 Å². The van der Waals surface area contributed by atoms with Gasteiger partial charge in [-0.15, -0.1) is 0 Å². The van der Waals surface area contributed by atoms with Gasteiger partial charge in [-0.25, -0.2) is 14.4 Å². The molecule has 8 rings (SSSR count). The molecule has 3 N–H and O–H groups in total. The number of carbonyl (C=O) groups is 6. The lowest BCUT2D eigenvalue weighted by atomic mass is 9.42. The Morgan fingerprint density at radius 3 is 2.31 bits per heavy atom. The third-order valence-corrected chi connectivity index (χ3v) is 15.1. The second-order valence-electron chi connectivity index (χ2n) is 17.4. The van der Waals surface area contributed by atoms with Crippen molar-refractivity contribution >= 4 is 35.6 Å². The van der Waals surface area contributed by atoms with Gasteiger partial charge < -0.3 is 39.0 Å². The van der Waals surface area contributed by atoms with Crippen LogP contribution in [0.1, 0.15) is 66.2 Å². The summed E-state index contributed by atoms with van der Waals surface area (Å²) in [5.41, 5.74) is -2.00. The monoisotopic (exact) mass is 764 g/mol. The highest BCUT2D eigenvalue weighted by Crippen LogP contribution is 2.83. The second-order valence-corrected chi connectivity index (χ2v) is 17.4. The van der Waals surface area contributed by atoms with Crippen LogP contribution in [-0.2, 0) is 52.5 Å². The molecule has 55 heavy (non-hydrogen) atoms. The summed E-state index contributed by atoms with van der Waals surface area (Å²) in [5, 5.41) is 34.0. The Morgan fingerprint density at radius 1 is 0.927 bits per heavy atom. The zero-order valence-corrected chi connectivity index (χ0v) is 31.9. The van der Waals surface area contributed by atoms with Gasteiger partial charge in [-0.3, -0.25) is 14.4 Å². The number of hydrogen-bond acceptors (Lipinski definition) is 14. The van der Waals surface area contributed by atoms with Crippen LogP contribution < -0.4 is 0 Å². The predicted molar refractivity (Wildman–Crippen MR) is 187 cm³/mol. The molecule has 1 heterocycles. The molecule has 0 aromatic rings. The smallest absolute Gasteiger partial charge is 0.338 e. The van der Waals surface area contributed by atoms with Crippen LogP contribution in [0.4, 0.5) is 0 Å². The number of fused-ring (bicyclic) bond motifs is 7. The van der Waals surface area contributed by atoms with Crippen molar-refractivity contribution < 1.29 is 67.8 Å². The van der Waals surface area contributed by atoms with Crippen molar-refractivity contribution in [2.45, 2.75) is 83.5 Å². The maximum absolute atomic E-state index is 14.6. The molecule has 0 unspecified atom stereocenters. The Kier molecular flexibility index (Phi) is 8.54. The van der Waals surface area contributed by atoms with Gasteiger partial charge in [0.05, 0.1) is 45.2 Å². The van der Waals surface area contributed by atoms with Crippen LogP contribution in [0.3, 0.4) is 0 Å². The van der Waals surface area contributed by atoms with Crippen molar-refractivity contribution in [3.63, 3.8) is 0 Å². The van der Waals surface area contributed by atoms with E-state index >= 15 is 0 Å². The van der Waals surface area contributed by atoms with E-state index in [-0.39, 0.29) is 72.9 Å². The first-order valence-electron chi connectivity index (χ1n) is 19.1. The summed E-state index contributed by atoms with van der Waals surface area (Å²) in [6, 6.07) is 0. The summed E-state index contributed by atoms with van der Waals surface area (Å²) in [6.07, 6.45) is 1.12. The molecule has 14 nitrogen and oxygen atoms in total. The number of aliphatic hydroxyl groups is 3. The molecule has 1 aliphatic heterocycles. The predicted octanol–water partition coefficient (Wildman–Crippen LogP) is 1.99. The normalized spacial score (nSPS) is 42.2. The number of esters is 5. The first-order chi connectivity index (χ1) is 26.0. The van der Waals surface area contributed by atoms with Gasteiger partial charge in [-0.1, -0.05) is 19.4 Å². The standard InChI is InChI=1S/C41H48O14/c1-17(14-42)9-30(45)54-16-40(50)25-12-24(25)38(3)26(40)13-23-21(15-53-29(44)8-7-28(43)51-5)37(49)55-41(23)27(38)11-20-19-10-22(19)39(4)32(20)33(41)31(34(46)35(39)47)18(2)36(48)52-6/h9,19,22,24-27,33,35,42,47,50H,7-8,10-16H2,1-6H3/t19-,22-,24-,25+,26-,27+,33+,35+,38+,39+,40+,41+/m1/s1. The number of methoxy groups -OCH3 is 2. The first kappa shape index (κ1) is 37.8. The molecule has 7 aliphatic carbocycles. The topological polar surface area (TPSA) is 209 Å². The van der Waals surface area contributed by atoms with Crippen LogP contribution in [0.5, 0.6) is 0 Å². The minimum atomic E-state index is -1.55. The van der Waals surface area contributed by atoms with Crippen LogP contribution in [-0.4, -0.2) is 102 Å². The van der Waals surface area contributed by atoms with Crippen LogP contribution in [0.15, 0.2) is 45.1 Å². The number of hydrogen-bond donors (Lipinski definition) is 3. The molecule has 0 aromatic carbocycles. The van der Waals surface area contributed by atoms with Gasteiger partial charge in [0, 0.05) is 34.5 Å². The highest BCUT2D eigenvalue weighted by Gasteiger charge is 2.84. The largest absolute Gasteiger partial charge is 0.469 e. The van der Waals surface area contributed by atoms with E-state index in [9.17, 15) is 44.1 Å². The van der Waals surface area contributed by atoms with Gasteiger partial charge in [-0.05, 0) is 85.3 Å². The zero-order valence-electron chi connectivity index (χ0n) is 31.9. The molecule has 12 atom stereocenters. The fraction of sp³-hybridized carbons (Fsp3) is 0.659. The molecular weight excluding hydrogens is 716 g/mol. The fourth-order valence-corrected chi connectivity index (χ4v) is 12.5. The van der Waals surface area contributed by atoms with Crippen LogP contribution >= 0.6 is 0 Å². The van der Waals surface area contributed by atoms with Crippen molar-refractivity contribution in [3.05, 3.63) is 45.1 Å². The quantitative estimate of drug-likeness (QED) is 0.126. The lowest BCUT2D eigenvalue weighted by Crippen LogP contribution is -2.67. The maximum Gasteiger partial charge on any atom is 0.338 e. The molecule has 0 radical (unpaired) electrons. The van der Waals surface area contributed by atoms with Gasteiger partial charge in [0.25, 0.3) is 0 Å². The number of rotatable bonds is 10. The number of ether oxygens (including phenoxy) is 5. The van der Waals surface area contributed by atoms with E-state index in [1.807, 2.05) is 6.92 Å². The van der Waals surface area contributed by atoms with Crippen molar-refractivity contribution in [2.24, 2.45) is 52.3 Å². The molecule has 8 aliphatic rings. The molecule has 5 fully saturated rings. The van der Waals surface area contributed by atoms with E-state index in [2.05, 4.69) is 11.7 Å². The summed E-state index contributed by atoms with van der Waals surface area (Å²) >= 11 is 0. The summed E-state index contributed by atoms with van der Waals surface area (Å²) in [5.74, 6) is -6.56. The minimum Gasteiger partial charge on any atom is -0.469 e. The Morgan fingerprint density at radius 2 is 1.64 bits per heavy atom. The zero-order chi connectivity index (χ0) is 39.7.